The highest BCUT2D eigenvalue weighted by Gasteiger charge is 2.23. The molecule has 2 N–H and O–H groups in total. The van der Waals surface area contributed by atoms with Crippen molar-refractivity contribution in [1.82, 2.24) is 15.5 Å². The lowest BCUT2D eigenvalue weighted by Gasteiger charge is -2.35. The Kier molecular flexibility index (Phi) is 9.22. The van der Waals surface area contributed by atoms with E-state index >= 15 is 0 Å². The summed E-state index contributed by atoms with van der Waals surface area (Å²) in [4.78, 5) is 7.07. The van der Waals surface area contributed by atoms with Gasteiger partial charge in [-0.3, -0.25) is 9.89 Å². The zero-order valence-electron chi connectivity index (χ0n) is 16.0. The third-order valence-corrected chi connectivity index (χ3v) is 5.41. The minimum absolute atomic E-state index is 0.154. The number of hydrogen-bond donors (Lipinski definition) is 2. The van der Waals surface area contributed by atoms with Gasteiger partial charge in [-0.15, -0.1) is 0 Å². The van der Waals surface area contributed by atoms with Crippen LogP contribution in [0.1, 0.15) is 25.5 Å². The lowest BCUT2D eigenvalue weighted by atomic mass is 10.0. The van der Waals surface area contributed by atoms with E-state index in [9.17, 15) is 4.39 Å². The second-order valence-electron chi connectivity index (χ2n) is 6.36. The molecular weight excluding hydrogens is 351 g/mol. The van der Waals surface area contributed by atoms with Gasteiger partial charge in [0, 0.05) is 31.4 Å². The fourth-order valence-corrected chi connectivity index (χ4v) is 3.08. The van der Waals surface area contributed by atoms with Gasteiger partial charge in [0.25, 0.3) is 0 Å². The first kappa shape index (κ1) is 21.0. The number of hydrogen-bond acceptors (Lipinski definition) is 4. The van der Waals surface area contributed by atoms with Crippen LogP contribution in [-0.4, -0.2) is 68.3 Å². The number of rotatable bonds is 8. The molecule has 0 aliphatic carbocycles. The molecule has 1 aliphatic rings. The summed E-state index contributed by atoms with van der Waals surface area (Å²) >= 11 is 1.81. The van der Waals surface area contributed by atoms with Crippen molar-refractivity contribution in [3.8, 4) is 0 Å². The van der Waals surface area contributed by atoms with Crippen LogP contribution >= 0.6 is 11.8 Å². The first-order valence-corrected chi connectivity index (χ1v) is 10.5. The number of aliphatic imine (C=N–C) groups is 1. The van der Waals surface area contributed by atoms with Crippen LogP contribution in [0.3, 0.4) is 0 Å². The van der Waals surface area contributed by atoms with E-state index in [0.717, 1.165) is 50.9 Å². The van der Waals surface area contributed by atoms with Crippen LogP contribution < -0.4 is 10.6 Å². The normalized spacial score (nSPS) is 18.4. The molecule has 146 valence electrons. The largest absolute Gasteiger partial charge is 0.379 e. The fourth-order valence-electron chi connectivity index (χ4n) is 2.86. The molecule has 7 heteroatoms. The van der Waals surface area contributed by atoms with Crippen molar-refractivity contribution in [1.29, 1.82) is 0 Å². The van der Waals surface area contributed by atoms with Crippen LogP contribution in [0.2, 0.25) is 0 Å². The first-order valence-electron chi connectivity index (χ1n) is 9.26. The molecule has 1 aromatic carbocycles. The average Bonchev–Trinajstić information content (AvgIpc) is 2.68. The topological polar surface area (TPSA) is 48.9 Å². The molecule has 2 rings (SSSR count). The summed E-state index contributed by atoms with van der Waals surface area (Å²) in [5.41, 5.74) is 1.11. The highest BCUT2D eigenvalue weighted by molar-refractivity contribution is 7.99. The van der Waals surface area contributed by atoms with E-state index in [-0.39, 0.29) is 11.9 Å². The van der Waals surface area contributed by atoms with Gasteiger partial charge in [-0.05, 0) is 30.9 Å². The summed E-state index contributed by atoms with van der Waals surface area (Å²) in [5.74, 6) is 0.622. The van der Waals surface area contributed by atoms with Gasteiger partial charge in [0.2, 0.25) is 0 Å². The number of thioether (sulfide) groups is 1. The van der Waals surface area contributed by atoms with E-state index in [2.05, 4.69) is 40.6 Å². The minimum atomic E-state index is -0.205. The van der Waals surface area contributed by atoms with Crippen molar-refractivity contribution in [2.45, 2.75) is 25.1 Å². The van der Waals surface area contributed by atoms with Crippen molar-refractivity contribution < 1.29 is 9.13 Å². The second-order valence-corrected chi connectivity index (χ2v) is 7.64. The number of benzene rings is 1. The Labute approximate surface area is 160 Å². The zero-order valence-corrected chi connectivity index (χ0v) is 16.8. The first-order chi connectivity index (χ1) is 12.6. The van der Waals surface area contributed by atoms with Gasteiger partial charge in [-0.2, -0.15) is 11.8 Å². The fraction of sp³-hybridized carbons (Fsp3) is 0.632. The Balaban J connectivity index is 2.07. The predicted octanol–water partition coefficient (Wildman–Crippen LogP) is 2.51. The second kappa shape index (κ2) is 11.4. The maximum atomic E-state index is 13.3. The summed E-state index contributed by atoms with van der Waals surface area (Å²) in [6.45, 7) is 9.76. The third kappa shape index (κ3) is 6.78. The molecule has 1 aromatic rings. The van der Waals surface area contributed by atoms with Gasteiger partial charge < -0.3 is 15.4 Å². The molecule has 0 aromatic heterocycles. The van der Waals surface area contributed by atoms with Crippen LogP contribution in [0.25, 0.3) is 0 Å². The van der Waals surface area contributed by atoms with E-state index in [1.165, 1.54) is 12.1 Å². The molecule has 5 nitrogen and oxygen atoms in total. The highest BCUT2D eigenvalue weighted by Crippen LogP contribution is 2.21. The van der Waals surface area contributed by atoms with E-state index in [1.807, 2.05) is 23.9 Å². The van der Waals surface area contributed by atoms with Gasteiger partial charge in [-0.1, -0.05) is 19.1 Å². The molecule has 1 saturated heterocycles. The summed E-state index contributed by atoms with van der Waals surface area (Å²) < 4.78 is 18.8. The van der Waals surface area contributed by atoms with Crippen molar-refractivity contribution in [3.63, 3.8) is 0 Å². The maximum absolute atomic E-state index is 13.3. The molecule has 0 saturated carbocycles. The molecule has 2 unspecified atom stereocenters. The van der Waals surface area contributed by atoms with Crippen LogP contribution in [0.5, 0.6) is 0 Å². The number of ether oxygens (including phenoxy) is 1. The quantitative estimate of drug-likeness (QED) is 0.534. The Hall–Kier alpha value is -1.31. The molecule has 1 fully saturated rings. The van der Waals surface area contributed by atoms with Crippen LogP contribution in [-0.2, 0) is 4.74 Å². The molecule has 0 radical (unpaired) electrons. The Bertz CT molecular complexity index is 549. The Morgan fingerprint density at radius 1 is 1.27 bits per heavy atom. The Morgan fingerprint density at radius 3 is 2.58 bits per heavy atom. The van der Waals surface area contributed by atoms with Gasteiger partial charge in [-0.25, -0.2) is 4.39 Å². The van der Waals surface area contributed by atoms with Crippen molar-refractivity contribution in [3.05, 3.63) is 35.6 Å². The maximum Gasteiger partial charge on any atom is 0.191 e. The standard InChI is InChI=1S/C19H31FN4OS/c1-4-21-19(22-13-15(2)26-3)23-14-18(24-9-11-25-12-10-24)16-5-7-17(20)8-6-16/h5-8,15,18H,4,9-14H2,1-3H3,(H2,21,22,23). The zero-order chi connectivity index (χ0) is 18.8. The summed E-state index contributed by atoms with van der Waals surface area (Å²) in [6.07, 6.45) is 2.10. The minimum Gasteiger partial charge on any atom is -0.379 e. The van der Waals surface area contributed by atoms with Gasteiger partial charge >= 0.3 is 0 Å². The van der Waals surface area contributed by atoms with Gasteiger partial charge in [0.05, 0.1) is 25.8 Å². The predicted molar refractivity (Wildman–Crippen MR) is 108 cm³/mol. The number of guanidine groups is 1. The molecule has 26 heavy (non-hydrogen) atoms. The van der Waals surface area contributed by atoms with E-state index in [4.69, 9.17) is 4.74 Å². The van der Waals surface area contributed by atoms with Gasteiger partial charge in [0.1, 0.15) is 5.82 Å². The Morgan fingerprint density at radius 2 is 1.96 bits per heavy atom. The summed E-state index contributed by atoms with van der Waals surface area (Å²) in [5, 5.41) is 7.26. The van der Waals surface area contributed by atoms with Crippen LogP contribution in [0.4, 0.5) is 4.39 Å². The summed E-state index contributed by atoms with van der Waals surface area (Å²) in [7, 11) is 0. The van der Waals surface area contributed by atoms with Crippen LogP contribution in [0, 0.1) is 5.82 Å². The molecule has 1 heterocycles. The van der Waals surface area contributed by atoms with Crippen molar-refractivity contribution >= 4 is 17.7 Å². The number of nitrogens with one attached hydrogen (secondary N) is 2. The smallest absolute Gasteiger partial charge is 0.191 e. The monoisotopic (exact) mass is 382 g/mol. The molecule has 0 bridgehead atoms. The third-order valence-electron chi connectivity index (χ3n) is 4.46. The average molecular weight is 383 g/mol. The number of halogens is 1. The molecule has 0 spiro atoms. The number of morpholine rings is 1. The van der Waals surface area contributed by atoms with Crippen LogP contribution in [0.15, 0.2) is 29.3 Å². The summed E-state index contributed by atoms with van der Waals surface area (Å²) in [6, 6.07) is 6.96. The van der Waals surface area contributed by atoms with Gasteiger partial charge in [0.15, 0.2) is 5.96 Å². The van der Waals surface area contributed by atoms with E-state index in [1.54, 1.807) is 0 Å². The SMILES string of the molecule is CCNC(=NCC(C)SC)NCC(c1ccc(F)cc1)N1CCOCC1. The van der Waals surface area contributed by atoms with Crippen molar-refractivity contribution in [2.24, 2.45) is 4.99 Å². The van der Waals surface area contributed by atoms with Crippen molar-refractivity contribution in [2.75, 3.05) is 52.2 Å². The molecule has 0 amide bonds. The molecule has 1 aliphatic heterocycles. The highest BCUT2D eigenvalue weighted by atomic mass is 32.2. The van der Waals surface area contributed by atoms with E-state index in [0.29, 0.717) is 11.8 Å². The molecular formula is C19H31FN4OS. The number of nitrogens with zero attached hydrogens (tertiary/aromatic N) is 2. The lowest BCUT2D eigenvalue weighted by molar-refractivity contribution is 0.0170. The van der Waals surface area contributed by atoms with E-state index < -0.39 is 0 Å². The molecule has 2 atom stereocenters. The lowest BCUT2D eigenvalue weighted by Crippen LogP contribution is -2.46.